The first kappa shape index (κ1) is 25.2. The van der Waals surface area contributed by atoms with Gasteiger partial charge in [-0.25, -0.2) is 9.59 Å². The number of carbonyl (C=O) groups excluding carboxylic acids is 2. The molecule has 9 heteroatoms. The second kappa shape index (κ2) is 10.1. The van der Waals surface area contributed by atoms with E-state index in [0.717, 1.165) is 22.6 Å². The minimum atomic E-state index is -0.509. The largest absolute Gasteiger partial charge is 0.486 e. The van der Waals surface area contributed by atoms with Crippen molar-refractivity contribution < 1.29 is 28.5 Å². The van der Waals surface area contributed by atoms with Crippen LogP contribution in [0.3, 0.4) is 0 Å². The number of ether oxygens (including phenoxy) is 4. The number of amides is 3. The second-order valence-corrected chi connectivity index (χ2v) is 10.8. The summed E-state index contributed by atoms with van der Waals surface area (Å²) >= 11 is 0. The maximum Gasteiger partial charge on any atom is 0.410 e. The second-order valence-electron chi connectivity index (χ2n) is 10.8. The molecule has 0 atom stereocenters. The number of anilines is 1. The fourth-order valence-corrected chi connectivity index (χ4v) is 4.74. The van der Waals surface area contributed by atoms with Gasteiger partial charge < -0.3 is 34.1 Å². The zero-order chi connectivity index (χ0) is 26.0. The SMILES string of the molecule is CC(C)(C)OC(=O)N1CCC2(CC1)COc1cc(-c3ccc(NC(=O)N4CCOCC4)cc3)ccc1O2. The summed E-state index contributed by atoms with van der Waals surface area (Å²) in [6, 6.07) is 13.6. The Labute approximate surface area is 217 Å². The van der Waals surface area contributed by atoms with E-state index >= 15 is 0 Å². The summed E-state index contributed by atoms with van der Waals surface area (Å²) in [5.41, 5.74) is 1.82. The lowest BCUT2D eigenvalue weighted by Gasteiger charge is -2.44. The number of morpholine rings is 1. The van der Waals surface area contributed by atoms with E-state index in [0.29, 0.717) is 64.6 Å². The molecule has 3 aliphatic rings. The van der Waals surface area contributed by atoms with Crippen molar-refractivity contribution in [2.75, 3.05) is 51.3 Å². The molecule has 0 unspecified atom stereocenters. The Bertz CT molecular complexity index is 1130. The molecule has 9 nitrogen and oxygen atoms in total. The summed E-state index contributed by atoms with van der Waals surface area (Å²) < 4.78 is 23.4. The molecule has 1 N–H and O–H groups in total. The third-order valence-corrected chi connectivity index (χ3v) is 6.86. The van der Waals surface area contributed by atoms with Crippen LogP contribution in [-0.2, 0) is 9.47 Å². The maximum atomic E-state index is 12.4. The topological polar surface area (TPSA) is 89.6 Å². The molecule has 198 valence electrons. The number of hydrogen-bond acceptors (Lipinski definition) is 6. The molecule has 0 saturated carbocycles. The van der Waals surface area contributed by atoms with Crippen molar-refractivity contribution in [3.05, 3.63) is 42.5 Å². The van der Waals surface area contributed by atoms with Gasteiger partial charge in [-0.15, -0.1) is 0 Å². The van der Waals surface area contributed by atoms with Crippen LogP contribution >= 0.6 is 0 Å². The average Bonchev–Trinajstić information content (AvgIpc) is 2.89. The molecule has 1 spiro atoms. The number of hydrogen-bond donors (Lipinski definition) is 1. The van der Waals surface area contributed by atoms with Gasteiger partial charge >= 0.3 is 12.1 Å². The Morgan fingerprint density at radius 2 is 1.57 bits per heavy atom. The lowest BCUT2D eigenvalue weighted by Crippen LogP contribution is -2.54. The summed E-state index contributed by atoms with van der Waals surface area (Å²) in [6.45, 7) is 9.55. The smallest absolute Gasteiger partial charge is 0.410 e. The summed E-state index contributed by atoms with van der Waals surface area (Å²) in [6.07, 6.45) is 1.09. The molecule has 3 heterocycles. The van der Waals surface area contributed by atoms with E-state index in [1.807, 2.05) is 63.2 Å². The molecule has 37 heavy (non-hydrogen) atoms. The molecule has 5 rings (SSSR count). The Kier molecular flexibility index (Phi) is 6.90. The van der Waals surface area contributed by atoms with Crippen molar-refractivity contribution in [2.24, 2.45) is 0 Å². The van der Waals surface area contributed by atoms with Crippen LogP contribution in [0, 0.1) is 0 Å². The van der Waals surface area contributed by atoms with Crippen LogP contribution in [0.1, 0.15) is 33.6 Å². The number of nitrogens with one attached hydrogen (secondary N) is 1. The zero-order valence-electron chi connectivity index (χ0n) is 21.7. The average molecular weight is 510 g/mol. The summed E-state index contributed by atoms with van der Waals surface area (Å²) in [4.78, 5) is 28.3. The molecular weight excluding hydrogens is 474 g/mol. The third kappa shape index (κ3) is 5.93. The van der Waals surface area contributed by atoms with Gasteiger partial charge in [0.2, 0.25) is 0 Å². The molecule has 0 aromatic heterocycles. The van der Waals surface area contributed by atoms with Gasteiger partial charge in [-0.2, -0.15) is 0 Å². The van der Waals surface area contributed by atoms with Gasteiger partial charge in [0, 0.05) is 44.7 Å². The standard InChI is InChI=1S/C28H35N3O6/c1-27(2,3)37-26(33)31-12-10-28(11-13-31)19-35-24-18-21(6-9-23(24)36-28)20-4-7-22(8-5-20)29-25(32)30-14-16-34-17-15-30/h4-9,18H,10-17,19H2,1-3H3,(H,29,32). The molecule has 3 aliphatic heterocycles. The highest BCUT2D eigenvalue weighted by molar-refractivity contribution is 5.89. The van der Waals surface area contributed by atoms with Crippen LogP contribution < -0.4 is 14.8 Å². The predicted octanol–water partition coefficient (Wildman–Crippen LogP) is 4.76. The molecular formula is C28H35N3O6. The minimum Gasteiger partial charge on any atom is -0.486 e. The number of benzene rings is 2. The van der Waals surface area contributed by atoms with Crippen molar-refractivity contribution in [3.63, 3.8) is 0 Å². The van der Waals surface area contributed by atoms with Gasteiger partial charge in [0.05, 0.1) is 13.2 Å². The number of fused-ring (bicyclic) bond motifs is 1. The molecule has 3 amide bonds. The Balaban J connectivity index is 1.19. The first-order chi connectivity index (χ1) is 17.7. The molecule has 2 aromatic rings. The Morgan fingerprint density at radius 1 is 0.892 bits per heavy atom. The minimum absolute atomic E-state index is 0.110. The predicted molar refractivity (Wildman–Crippen MR) is 139 cm³/mol. The van der Waals surface area contributed by atoms with E-state index in [1.54, 1.807) is 9.80 Å². The number of nitrogens with zero attached hydrogens (tertiary/aromatic N) is 2. The monoisotopic (exact) mass is 509 g/mol. The lowest BCUT2D eigenvalue weighted by atomic mass is 9.91. The van der Waals surface area contributed by atoms with E-state index in [9.17, 15) is 9.59 Å². The number of rotatable bonds is 2. The van der Waals surface area contributed by atoms with Gasteiger partial charge in [0.15, 0.2) is 11.5 Å². The Morgan fingerprint density at radius 3 is 2.24 bits per heavy atom. The summed E-state index contributed by atoms with van der Waals surface area (Å²) in [5, 5.41) is 2.95. The highest BCUT2D eigenvalue weighted by Crippen LogP contribution is 2.42. The quantitative estimate of drug-likeness (QED) is 0.628. The van der Waals surface area contributed by atoms with Gasteiger partial charge in [-0.3, -0.25) is 0 Å². The lowest BCUT2D eigenvalue weighted by molar-refractivity contribution is -0.0558. The molecule has 0 bridgehead atoms. The van der Waals surface area contributed by atoms with E-state index in [-0.39, 0.29) is 12.1 Å². The van der Waals surface area contributed by atoms with E-state index < -0.39 is 11.2 Å². The van der Waals surface area contributed by atoms with E-state index in [4.69, 9.17) is 18.9 Å². The molecule has 2 fully saturated rings. The number of piperidine rings is 1. The van der Waals surface area contributed by atoms with E-state index in [1.165, 1.54) is 0 Å². The maximum absolute atomic E-state index is 12.4. The van der Waals surface area contributed by atoms with Crippen LogP contribution in [0.15, 0.2) is 42.5 Å². The summed E-state index contributed by atoms with van der Waals surface area (Å²) in [7, 11) is 0. The highest BCUT2D eigenvalue weighted by Gasteiger charge is 2.42. The van der Waals surface area contributed by atoms with Crippen molar-refractivity contribution >= 4 is 17.8 Å². The van der Waals surface area contributed by atoms with Crippen LogP contribution in [0.4, 0.5) is 15.3 Å². The van der Waals surface area contributed by atoms with Crippen LogP contribution in [0.5, 0.6) is 11.5 Å². The highest BCUT2D eigenvalue weighted by atomic mass is 16.6. The molecule has 2 saturated heterocycles. The van der Waals surface area contributed by atoms with Crippen molar-refractivity contribution in [2.45, 2.75) is 44.8 Å². The first-order valence-electron chi connectivity index (χ1n) is 12.9. The number of urea groups is 1. The van der Waals surface area contributed by atoms with Gasteiger partial charge in [0.25, 0.3) is 0 Å². The number of likely N-dealkylation sites (tertiary alicyclic amines) is 1. The van der Waals surface area contributed by atoms with Crippen molar-refractivity contribution in [1.29, 1.82) is 0 Å². The molecule has 0 aliphatic carbocycles. The van der Waals surface area contributed by atoms with Crippen molar-refractivity contribution in [1.82, 2.24) is 9.80 Å². The van der Waals surface area contributed by atoms with Crippen LogP contribution in [0.25, 0.3) is 11.1 Å². The van der Waals surface area contributed by atoms with Gasteiger partial charge in [0.1, 0.15) is 17.8 Å². The van der Waals surface area contributed by atoms with Crippen LogP contribution in [-0.4, -0.2) is 79.1 Å². The first-order valence-corrected chi connectivity index (χ1v) is 12.9. The number of carbonyl (C=O) groups is 2. The fraction of sp³-hybridized carbons (Fsp3) is 0.500. The molecule has 0 radical (unpaired) electrons. The Hall–Kier alpha value is -3.46. The van der Waals surface area contributed by atoms with Gasteiger partial charge in [-0.05, 0) is 56.2 Å². The molecule has 2 aromatic carbocycles. The van der Waals surface area contributed by atoms with Gasteiger partial charge in [-0.1, -0.05) is 18.2 Å². The van der Waals surface area contributed by atoms with Crippen LogP contribution in [0.2, 0.25) is 0 Å². The third-order valence-electron chi connectivity index (χ3n) is 6.86. The summed E-state index contributed by atoms with van der Waals surface area (Å²) in [5.74, 6) is 1.43. The fourth-order valence-electron chi connectivity index (χ4n) is 4.74. The van der Waals surface area contributed by atoms with E-state index in [2.05, 4.69) is 5.32 Å². The zero-order valence-corrected chi connectivity index (χ0v) is 21.7. The van der Waals surface area contributed by atoms with Crippen molar-refractivity contribution in [3.8, 4) is 22.6 Å². The normalized spacial score (nSPS) is 18.9.